The number of amides is 1. The van der Waals surface area contributed by atoms with E-state index in [2.05, 4.69) is 0 Å². The van der Waals surface area contributed by atoms with Gasteiger partial charge < -0.3 is 10.0 Å². The lowest BCUT2D eigenvalue weighted by Crippen LogP contribution is -2.42. The van der Waals surface area contributed by atoms with E-state index in [4.69, 9.17) is 5.11 Å². The van der Waals surface area contributed by atoms with Gasteiger partial charge in [-0.3, -0.25) is 14.5 Å². The van der Waals surface area contributed by atoms with Crippen LogP contribution in [0.25, 0.3) is 0 Å². The SMILES string of the molecule is CCCN(CC(=O)O)CC(=O)N(C)C(c1ccccc1)c1ccccc1.Cl. The molecule has 27 heavy (non-hydrogen) atoms. The highest BCUT2D eigenvalue weighted by molar-refractivity contribution is 5.85. The summed E-state index contributed by atoms with van der Waals surface area (Å²) in [4.78, 5) is 27.3. The Morgan fingerprint density at radius 3 is 1.81 bits per heavy atom. The summed E-state index contributed by atoms with van der Waals surface area (Å²) in [7, 11) is 1.78. The van der Waals surface area contributed by atoms with Crippen LogP contribution >= 0.6 is 12.4 Å². The summed E-state index contributed by atoms with van der Waals surface area (Å²) in [6.07, 6.45) is 0.797. The molecular weight excluding hydrogens is 364 g/mol. The molecule has 0 saturated heterocycles. The quantitative estimate of drug-likeness (QED) is 0.712. The van der Waals surface area contributed by atoms with E-state index in [1.54, 1.807) is 16.8 Å². The molecule has 146 valence electrons. The minimum Gasteiger partial charge on any atom is -0.480 e. The predicted octanol–water partition coefficient (Wildman–Crippen LogP) is 3.45. The van der Waals surface area contributed by atoms with Gasteiger partial charge in [-0.25, -0.2) is 0 Å². The first-order valence-corrected chi connectivity index (χ1v) is 8.82. The molecule has 6 heteroatoms. The molecule has 0 aromatic heterocycles. The van der Waals surface area contributed by atoms with Crippen LogP contribution in [-0.4, -0.2) is 53.5 Å². The second-order valence-electron chi connectivity index (χ2n) is 6.33. The molecule has 0 saturated carbocycles. The van der Waals surface area contributed by atoms with Gasteiger partial charge in [0.1, 0.15) is 0 Å². The third-order valence-electron chi connectivity index (χ3n) is 4.27. The maximum absolute atomic E-state index is 12.9. The number of halogens is 1. The number of carboxylic acids is 1. The van der Waals surface area contributed by atoms with Crippen LogP contribution in [0.1, 0.15) is 30.5 Å². The Hall–Kier alpha value is -2.37. The number of hydrogen-bond donors (Lipinski definition) is 1. The van der Waals surface area contributed by atoms with Crippen LogP contribution in [0.4, 0.5) is 0 Å². The lowest BCUT2D eigenvalue weighted by molar-refractivity contribution is -0.139. The average Bonchev–Trinajstić information content (AvgIpc) is 2.63. The number of benzene rings is 2. The minimum absolute atomic E-state index is 0. The molecule has 0 radical (unpaired) electrons. The third kappa shape index (κ3) is 6.70. The van der Waals surface area contributed by atoms with Crippen molar-refractivity contribution < 1.29 is 14.7 Å². The Labute approximate surface area is 167 Å². The fraction of sp³-hybridized carbons (Fsp3) is 0.333. The molecule has 1 amide bonds. The van der Waals surface area contributed by atoms with E-state index in [1.165, 1.54) is 0 Å². The molecule has 0 spiro atoms. The van der Waals surface area contributed by atoms with Crippen molar-refractivity contribution in [2.45, 2.75) is 19.4 Å². The van der Waals surface area contributed by atoms with Gasteiger partial charge in [-0.1, -0.05) is 67.6 Å². The maximum Gasteiger partial charge on any atom is 0.317 e. The summed E-state index contributed by atoms with van der Waals surface area (Å²) < 4.78 is 0. The Balaban J connectivity index is 0.00000364. The number of carbonyl (C=O) groups excluding carboxylic acids is 1. The van der Waals surface area contributed by atoms with Crippen molar-refractivity contribution in [2.24, 2.45) is 0 Å². The normalized spacial score (nSPS) is 10.5. The van der Waals surface area contributed by atoms with Crippen molar-refractivity contribution >= 4 is 24.3 Å². The van der Waals surface area contributed by atoms with Crippen LogP contribution < -0.4 is 0 Å². The van der Waals surface area contributed by atoms with Crippen molar-refractivity contribution in [2.75, 3.05) is 26.7 Å². The zero-order valence-corrected chi connectivity index (χ0v) is 16.6. The molecule has 0 aliphatic carbocycles. The smallest absolute Gasteiger partial charge is 0.317 e. The summed E-state index contributed by atoms with van der Waals surface area (Å²) >= 11 is 0. The summed E-state index contributed by atoms with van der Waals surface area (Å²) in [6.45, 7) is 2.51. The van der Waals surface area contributed by atoms with Crippen molar-refractivity contribution in [1.82, 2.24) is 9.80 Å². The zero-order chi connectivity index (χ0) is 18.9. The summed E-state index contributed by atoms with van der Waals surface area (Å²) in [6, 6.07) is 19.5. The van der Waals surface area contributed by atoms with Gasteiger partial charge in [0.25, 0.3) is 0 Å². The van der Waals surface area contributed by atoms with Gasteiger partial charge in [-0.2, -0.15) is 0 Å². The zero-order valence-electron chi connectivity index (χ0n) is 15.7. The first kappa shape index (κ1) is 22.7. The van der Waals surface area contributed by atoms with E-state index >= 15 is 0 Å². The molecule has 0 unspecified atom stereocenters. The van der Waals surface area contributed by atoms with Crippen LogP contribution in [0.2, 0.25) is 0 Å². The molecule has 5 nitrogen and oxygen atoms in total. The molecule has 0 atom stereocenters. The molecule has 2 aromatic carbocycles. The van der Waals surface area contributed by atoms with Gasteiger partial charge >= 0.3 is 5.97 Å². The van der Waals surface area contributed by atoms with Crippen LogP contribution in [0.3, 0.4) is 0 Å². The fourth-order valence-corrected chi connectivity index (χ4v) is 3.08. The Kier molecular flexibility index (Phi) is 9.54. The molecule has 2 aromatic rings. The van der Waals surface area contributed by atoms with Gasteiger partial charge in [0.2, 0.25) is 5.91 Å². The Bertz CT molecular complexity index is 670. The van der Waals surface area contributed by atoms with Crippen LogP contribution in [0, 0.1) is 0 Å². The minimum atomic E-state index is -0.920. The number of carboxylic acid groups (broad SMARTS) is 1. The van der Waals surface area contributed by atoms with E-state index in [1.807, 2.05) is 67.6 Å². The van der Waals surface area contributed by atoms with Gasteiger partial charge in [-0.05, 0) is 24.1 Å². The third-order valence-corrected chi connectivity index (χ3v) is 4.27. The van der Waals surface area contributed by atoms with Crippen LogP contribution in [-0.2, 0) is 9.59 Å². The predicted molar refractivity (Wildman–Crippen MR) is 109 cm³/mol. The number of rotatable bonds is 9. The Morgan fingerprint density at radius 2 is 1.41 bits per heavy atom. The van der Waals surface area contributed by atoms with Crippen molar-refractivity contribution in [3.8, 4) is 0 Å². The number of hydrogen-bond acceptors (Lipinski definition) is 3. The highest BCUT2D eigenvalue weighted by Crippen LogP contribution is 2.27. The molecule has 0 heterocycles. The van der Waals surface area contributed by atoms with Gasteiger partial charge in [0.15, 0.2) is 0 Å². The molecule has 0 aliphatic heterocycles. The lowest BCUT2D eigenvalue weighted by atomic mass is 9.97. The average molecular weight is 391 g/mol. The molecule has 0 bridgehead atoms. The van der Waals surface area contributed by atoms with E-state index in [9.17, 15) is 9.59 Å². The van der Waals surface area contributed by atoms with Crippen LogP contribution in [0.15, 0.2) is 60.7 Å². The Morgan fingerprint density at radius 1 is 0.926 bits per heavy atom. The second kappa shape index (κ2) is 11.4. The highest BCUT2D eigenvalue weighted by Gasteiger charge is 2.25. The van der Waals surface area contributed by atoms with Crippen LogP contribution in [0.5, 0.6) is 0 Å². The second-order valence-corrected chi connectivity index (χ2v) is 6.33. The van der Waals surface area contributed by atoms with E-state index in [0.717, 1.165) is 17.5 Å². The van der Waals surface area contributed by atoms with Crippen molar-refractivity contribution in [1.29, 1.82) is 0 Å². The summed E-state index contributed by atoms with van der Waals surface area (Å²) in [5.74, 6) is -1.02. The van der Waals surface area contributed by atoms with Crippen molar-refractivity contribution in [3.05, 3.63) is 71.8 Å². The topological polar surface area (TPSA) is 60.9 Å². The van der Waals surface area contributed by atoms with Crippen molar-refractivity contribution in [3.63, 3.8) is 0 Å². The maximum atomic E-state index is 12.9. The molecule has 1 N–H and O–H groups in total. The summed E-state index contributed by atoms with van der Waals surface area (Å²) in [5, 5.41) is 9.06. The number of carbonyl (C=O) groups is 2. The fourth-order valence-electron chi connectivity index (χ4n) is 3.08. The van der Waals surface area contributed by atoms with Gasteiger partial charge in [0, 0.05) is 7.05 Å². The van der Waals surface area contributed by atoms with E-state index in [0.29, 0.717) is 6.54 Å². The molecule has 2 rings (SSSR count). The van der Waals surface area contributed by atoms with Gasteiger partial charge in [-0.15, -0.1) is 12.4 Å². The number of aliphatic carboxylic acids is 1. The number of nitrogens with zero attached hydrogens (tertiary/aromatic N) is 2. The van der Waals surface area contributed by atoms with Gasteiger partial charge in [0.05, 0.1) is 19.1 Å². The number of likely N-dealkylation sites (N-methyl/N-ethyl adjacent to an activating group) is 1. The highest BCUT2D eigenvalue weighted by atomic mass is 35.5. The van der Waals surface area contributed by atoms with E-state index in [-0.39, 0.29) is 37.4 Å². The lowest BCUT2D eigenvalue weighted by Gasteiger charge is -2.31. The molecular formula is C21H27ClN2O3. The molecule has 0 aliphatic rings. The van der Waals surface area contributed by atoms with E-state index < -0.39 is 5.97 Å². The standard InChI is InChI=1S/C21H26N2O3.ClH/c1-3-14-23(16-20(25)26)15-19(24)22(2)21(17-10-6-4-7-11-17)18-12-8-5-9-13-18;/h4-13,21H,3,14-16H2,1-2H3,(H,25,26);1H. The largest absolute Gasteiger partial charge is 0.480 e. The first-order chi connectivity index (χ1) is 12.5. The monoisotopic (exact) mass is 390 g/mol. The summed E-state index contributed by atoms with van der Waals surface area (Å²) in [5.41, 5.74) is 2.05. The molecule has 0 fully saturated rings. The first-order valence-electron chi connectivity index (χ1n) is 8.82.